The van der Waals surface area contributed by atoms with E-state index >= 15 is 0 Å². The van der Waals surface area contributed by atoms with E-state index < -0.39 is 0 Å². The minimum absolute atomic E-state index is 0.585. The van der Waals surface area contributed by atoms with Gasteiger partial charge in [-0.25, -0.2) is 19.8 Å². The summed E-state index contributed by atoms with van der Waals surface area (Å²) < 4.78 is 0. The third kappa shape index (κ3) is 6.23. The van der Waals surface area contributed by atoms with Gasteiger partial charge in [0, 0.05) is 16.7 Å². The lowest BCUT2D eigenvalue weighted by Crippen LogP contribution is -2.00. The van der Waals surface area contributed by atoms with E-state index in [2.05, 4.69) is 157 Å². The highest BCUT2D eigenvalue weighted by atomic mass is 15.0. The molecule has 0 unspecified atom stereocenters. The molecule has 0 bridgehead atoms. The molecule has 10 aromatic carbocycles. The lowest BCUT2D eigenvalue weighted by atomic mass is 9.94. The van der Waals surface area contributed by atoms with Crippen molar-refractivity contribution in [3.05, 3.63) is 218 Å². The number of benzene rings is 10. The molecule has 0 aliphatic carbocycles. The fraction of sp³-hybridized carbons (Fsp3) is 0. The van der Waals surface area contributed by atoms with Gasteiger partial charge in [-0.2, -0.15) is 0 Å². The Morgan fingerprint density at radius 1 is 0.283 bits per heavy atom. The molecule has 0 aliphatic heterocycles. The van der Waals surface area contributed by atoms with Crippen LogP contribution in [0.5, 0.6) is 0 Å². The first-order valence-electron chi connectivity index (χ1n) is 20.0. The zero-order valence-electron chi connectivity index (χ0n) is 32.4. The minimum Gasteiger partial charge on any atom is -0.238 e. The Hall–Kier alpha value is -8.26. The Kier molecular flexibility index (Phi) is 8.50. The van der Waals surface area contributed by atoms with Crippen LogP contribution in [0.25, 0.3) is 115 Å². The van der Waals surface area contributed by atoms with Crippen molar-refractivity contribution >= 4 is 48.8 Å². The maximum Gasteiger partial charge on any atom is 0.194 e. The van der Waals surface area contributed by atoms with E-state index in [-0.39, 0.29) is 0 Å². The number of hydrogen-bond donors (Lipinski definition) is 0. The van der Waals surface area contributed by atoms with Crippen LogP contribution in [0, 0.1) is 6.57 Å². The highest BCUT2D eigenvalue weighted by Crippen LogP contribution is 2.38. The SMILES string of the molecule is [C-]#[N+]c1ccc(-c2ccc(-c3ccc4ccc5ccccc5c4c3)cc2)cc1-c1ccc(-c2nc(-c3ccccc3)nc(-c3cccc4c3ccc3ccccc34)n2)cc1. The Morgan fingerprint density at radius 2 is 0.767 bits per heavy atom. The Balaban J connectivity index is 0.941. The van der Waals surface area contributed by atoms with Crippen molar-refractivity contribution < 1.29 is 0 Å². The summed E-state index contributed by atoms with van der Waals surface area (Å²) in [6.45, 7) is 8.03. The van der Waals surface area contributed by atoms with Crippen molar-refractivity contribution in [1.82, 2.24) is 15.0 Å². The van der Waals surface area contributed by atoms with Crippen LogP contribution in [0.2, 0.25) is 0 Å². The second-order valence-corrected chi connectivity index (χ2v) is 15.1. The van der Waals surface area contributed by atoms with Gasteiger partial charge < -0.3 is 0 Å². The highest BCUT2D eigenvalue weighted by Gasteiger charge is 2.16. The molecule has 0 atom stereocenters. The molecule has 11 rings (SSSR count). The topological polar surface area (TPSA) is 43.0 Å². The molecule has 60 heavy (non-hydrogen) atoms. The molecular weight excluding hydrogens is 729 g/mol. The zero-order chi connectivity index (χ0) is 40.0. The van der Waals surface area contributed by atoms with Crippen LogP contribution < -0.4 is 0 Å². The lowest BCUT2D eigenvalue weighted by molar-refractivity contribution is 1.08. The van der Waals surface area contributed by atoms with Crippen molar-refractivity contribution in [1.29, 1.82) is 0 Å². The van der Waals surface area contributed by atoms with E-state index in [1.165, 1.54) is 37.9 Å². The van der Waals surface area contributed by atoms with Crippen molar-refractivity contribution in [3.8, 4) is 67.5 Å². The van der Waals surface area contributed by atoms with Gasteiger partial charge in [0.15, 0.2) is 23.2 Å². The fourth-order valence-electron chi connectivity index (χ4n) is 8.46. The smallest absolute Gasteiger partial charge is 0.194 e. The maximum absolute atomic E-state index is 8.03. The van der Waals surface area contributed by atoms with E-state index in [4.69, 9.17) is 21.5 Å². The minimum atomic E-state index is 0.585. The maximum atomic E-state index is 8.03. The van der Waals surface area contributed by atoms with Crippen LogP contribution in [0.1, 0.15) is 0 Å². The van der Waals surface area contributed by atoms with E-state index in [1.54, 1.807) is 0 Å². The van der Waals surface area contributed by atoms with Crippen LogP contribution in [-0.2, 0) is 0 Å². The molecule has 0 N–H and O–H groups in total. The first-order valence-corrected chi connectivity index (χ1v) is 20.0. The van der Waals surface area contributed by atoms with Gasteiger partial charge in [-0.15, -0.1) is 0 Å². The molecule has 0 aliphatic rings. The van der Waals surface area contributed by atoms with Gasteiger partial charge in [0.1, 0.15) is 0 Å². The summed E-state index contributed by atoms with van der Waals surface area (Å²) in [4.78, 5) is 19.1. The highest BCUT2D eigenvalue weighted by molar-refractivity contribution is 6.12. The molecule has 1 heterocycles. The monoisotopic (exact) mass is 762 g/mol. The first kappa shape index (κ1) is 34.9. The molecule has 4 nitrogen and oxygen atoms in total. The third-order valence-electron chi connectivity index (χ3n) is 11.6. The first-order chi connectivity index (χ1) is 29.7. The fourth-order valence-corrected chi connectivity index (χ4v) is 8.46. The van der Waals surface area contributed by atoms with Crippen molar-refractivity contribution in [3.63, 3.8) is 0 Å². The number of nitrogens with zero attached hydrogens (tertiary/aromatic N) is 4. The van der Waals surface area contributed by atoms with Gasteiger partial charge in [0.05, 0.1) is 6.57 Å². The second-order valence-electron chi connectivity index (χ2n) is 15.1. The van der Waals surface area contributed by atoms with Gasteiger partial charge in [0.25, 0.3) is 0 Å². The lowest BCUT2D eigenvalue weighted by Gasteiger charge is -2.12. The van der Waals surface area contributed by atoms with Crippen LogP contribution in [0.3, 0.4) is 0 Å². The molecule has 4 heteroatoms. The van der Waals surface area contributed by atoms with E-state index in [0.29, 0.717) is 23.2 Å². The molecule has 278 valence electrons. The largest absolute Gasteiger partial charge is 0.238 e. The molecular formula is C56H34N4. The predicted octanol–water partition coefficient (Wildman–Crippen LogP) is 15.0. The van der Waals surface area contributed by atoms with E-state index in [0.717, 1.165) is 55.3 Å². The molecule has 0 fully saturated rings. The number of fused-ring (bicyclic) bond motifs is 6. The van der Waals surface area contributed by atoms with E-state index in [1.807, 2.05) is 54.6 Å². The quantitative estimate of drug-likeness (QED) is 0.125. The summed E-state index contributed by atoms with van der Waals surface area (Å²) >= 11 is 0. The summed E-state index contributed by atoms with van der Waals surface area (Å²) in [5, 5.41) is 9.63. The molecule has 0 radical (unpaired) electrons. The van der Waals surface area contributed by atoms with Crippen LogP contribution >= 0.6 is 0 Å². The van der Waals surface area contributed by atoms with Crippen molar-refractivity contribution in [2.75, 3.05) is 0 Å². The Morgan fingerprint density at radius 3 is 1.47 bits per heavy atom. The van der Waals surface area contributed by atoms with Crippen LogP contribution in [-0.4, -0.2) is 15.0 Å². The average molecular weight is 763 g/mol. The normalized spacial score (nSPS) is 11.3. The summed E-state index contributed by atoms with van der Waals surface area (Å²) in [7, 11) is 0. The molecule has 1 aromatic heterocycles. The van der Waals surface area contributed by atoms with Gasteiger partial charge >= 0.3 is 0 Å². The molecule has 0 amide bonds. The van der Waals surface area contributed by atoms with Gasteiger partial charge in [-0.3, -0.25) is 0 Å². The number of rotatable bonds is 6. The number of hydrogen-bond acceptors (Lipinski definition) is 3. The van der Waals surface area contributed by atoms with Gasteiger partial charge in [-0.05, 0) is 82.5 Å². The summed E-state index contributed by atoms with van der Waals surface area (Å²) in [5.74, 6) is 1.81. The van der Waals surface area contributed by atoms with E-state index in [9.17, 15) is 0 Å². The van der Waals surface area contributed by atoms with Crippen LogP contribution in [0.15, 0.2) is 206 Å². The molecule has 11 aromatic rings. The summed E-state index contributed by atoms with van der Waals surface area (Å²) in [6, 6.07) is 71.8. The molecule has 0 spiro atoms. The zero-order valence-corrected chi connectivity index (χ0v) is 32.4. The number of aromatic nitrogens is 3. The summed E-state index contributed by atoms with van der Waals surface area (Å²) in [6.07, 6.45) is 0. The summed E-state index contributed by atoms with van der Waals surface area (Å²) in [5.41, 5.74) is 9.65. The standard InChI is InChI=1S/C56H34N4/c1-57-53-33-31-45(37-20-18-36(19-21-37)44-29-26-40-23-22-38-10-6-8-15-47(38)51(40)34-44)35-52(53)41-24-27-43(28-25-41)55-58-54(42-12-3-2-4-13-42)59-56(60-55)50-17-9-16-48-46-14-7-5-11-39(46)30-32-49(48)50/h2-35H. The Labute approximate surface area is 347 Å². The van der Waals surface area contributed by atoms with Gasteiger partial charge in [0.2, 0.25) is 0 Å². The van der Waals surface area contributed by atoms with Crippen molar-refractivity contribution in [2.24, 2.45) is 0 Å². The van der Waals surface area contributed by atoms with Crippen molar-refractivity contribution in [2.45, 2.75) is 0 Å². The molecule has 0 saturated heterocycles. The average Bonchev–Trinajstić information content (AvgIpc) is 3.33. The van der Waals surface area contributed by atoms with Gasteiger partial charge in [-0.1, -0.05) is 200 Å². The Bertz CT molecular complexity index is 3480. The third-order valence-corrected chi connectivity index (χ3v) is 11.6. The second kappa shape index (κ2) is 14.6. The predicted molar refractivity (Wildman–Crippen MR) is 249 cm³/mol. The molecule has 0 saturated carbocycles. The van der Waals surface area contributed by atoms with Crippen LogP contribution in [0.4, 0.5) is 5.69 Å².